The number of rotatable bonds is 6. The number of Topliss-reactive ketones (excluding diaryl/α,β-unsaturated/α-hetero) is 1. The number of aryl methyl sites for hydroxylation is 2. The average Bonchev–Trinajstić information content (AvgIpc) is 2.81. The second kappa shape index (κ2) is 6.18. The van der Waals surface area contributed by atoms with Crippen molar-refractivity contribution in [2.45, 2.75) is 26.4 Å². The minimum atomic E-state index is 0.218. The second-order valence-electron chi connectivity index (χ2n) is 4.59. The van der Waals surface area contributed by atoms with Crippen LogP contribution in [-0.2, 0) is 24.9 Å². The molecule has 0 saturated heterocycles. The van der Waals surface area contributed by atoms with Gasteiger partial charge in [-0.2, -0.15) is 0 Å². The Morgan fingerprint density at radius 3 is 2.63 bits per heavy atom. The summed E-state index contributed by atoms with van der Waals surface area (Å²) in [5.74, 6) is 1.92. The standard InChI is InChI=1S/C15H18N2O2/c1-12(18)3-4-13-5-7-14(8-6-13)19-11-15-16-9-10-17(15)2/h5-10H,3-4,11H2,1-2H3. The van der Waals surface area contributed by atoms with Crippen LogP contribution in [0.5, 0.6) is 5.75 Å². The summed E-state index contributed by atoms with van der Waals surface area (Å²) in [6, 6.07) is 7.85. The molecule has 0 fully saturated rings. The number of imidazole rings is 1. The zero-order chi connectivity index (χ0) is 13.7. The molecule has 0 bridgehead atoms. The van der Waals surface area contributed by atoms with E-state index in [0.29, 0.717) is 13.0 Å². The lowest BCUT2D eigenvalue weighted by Crippen LogP contribution is -2.03. The van der Waals surface area contributed by atoms with Crippen molar-refractivity contribution in [3.05, 3.63) is 48.0 Å². The van der Waals surface area contributed by atoms with Crippen LogP contribution in [0.4, 0.5) is 0 Å². The molecule has 4 heteroatoms. The number of carbonyl (C=O) groups is 1. The molecular formula is C15H18N2O2. The Morgan fingerprint density at radius 2 is 2.05 bits per heavy atom. The molecule has 0 unspecified atom stereocenters. The monoisotopic (exact) mass is 258 g/mol. The molecule has 0 aliphatic carbocycles. The van der Waals surface area contributed by atoms with Crippen LogP contribution in [0.3, 0.4) is 0 Å². The summed E-state index contributed by atoms with van der Waals surface area (Å²) in [5, 5.41) is 0. The molecule has 1 aromatic heterocycles. The zero-order valence-electron chi connectivity index (χ0n) is 11.3. The number of ether oxygens (including phenoxy) is 1. The van der Waals surface area contributed by atoms with Crippen molar-refractivity contribution in [3.8, 4) is 5.75 Å². The van der Waals surface area contributed by atoms with Crippen molar-refractivity contribution in [1.29, 1.82) is 0 Å². The molecule has 0 spiro atoms. The van der Waals surface area contributed by atoms with E-state index in [2.05, 4.69) is 4.98 Å². The van der Waals surface area contributed by atoms with Crippen LogP contribution in [0.25, 0.3) is 0 Å². The van der Waals surface area contributed by atoms with Gasteiger partial charge < -0.3 is 14.1 Å². The summed E-state index contributed by atoms with van der Waals surface area (Å²) in [4.78, 5) is 15.1. The molecular weight excluding hydrogens is 240 g/mol. The van der Waals surface area contributed by atoms with Gasteiger partial charge in [0, 0.05) is 25.9 Å². The zero-order valence-corrected chi connectivity index (χ0v) is 11.3. The van der Waals surface area contributed by atoms with Gasteiger partial charge in [0.2, 0.25) is 0 Å². The van der Waals surface area contributed by atoms with E-state index in [-0.39, 0.29) is 5.78 Å². The maximum absolute atomic E-state index is 10.9. The van der Waals surface area contributed by atoms with Crippen LogP contribution in [-0.4, -0.2) is 15.3 Å². The largest absolute Gasteiger partial charge is 0.486 e. The van der Waals surface area contributed by atoms with E-state index >= 15 is 0 Å². The number of benzene rings is 1. The molecule has 100 valence electrons. The predicted molar refractivity (Wildman–Crippen MR) is 73.0 cm³/mol. The fourth-order valence-corrected chi connectivity index (χ4v) is 1.76. The van der Waals surface area contributed by atoms with Gasteiger partial charge in [-0.15, -0.1) is 0 Å². The van der Waals surface area contributed by atoms with Gasteiger partial charge >= 0.3 is 0 Å². The third kappa shape index (κ3) is 3.95. The molecule has 0 aliphatic rings. The Balaban J connectivity index is 1.88. The normalized spacial score (nSPS) is 10.4. The van der Waals surface area contributed by atoms with Crippen molar-refractivity contribution < 1.29 is 9.53 Å². The van der Waals surface area contributed by atoms with Gasteiger partial charge in [-0.3, -0.25) is 0 Å². The van der Waals surface area contributed by atoms with E-state index in [1.54, 1.807) is 13.1 Å². The molecule has 0 radical (unpaired) electrons. The van der Waals surface area contributed by atoms with Crippen molar-refractivity contribution in [3.63, 3.8) is 0 Å². The fourth-order valence-electron chi connectivity index (χ4n) is 1.76. The summed E-state index contributed by atoms with van der Waals surface area (Å²) in [6.45, 7) is 2.07. The van der Waals surface area contributed by atoms with E-state index in [4.69, 9.17) is 4.74 Å². The van der Waals surface area contributed by atoms with E-state index in [1.807, 2.05) is 42.1 Å². The van der Waals surface area contributed by atoms with E-state index in [9.17, 15) is 4.79 Å². The molecule has 2 rings (SSSR count). The Hall–Kier alpha value is -2.10. The van der Waals surface area contributed by atoms with Crippen molar-refractivity contribution in [2.75, 3.05) is 0 Å². The smallest absolute Gasteiger partial charge is 0.146 e. The molecule has 0 aliphatic heterocycles. The van der Waals surface area contributed by atoms with Crippen LogP contribution in [0.15, 0.2) is 36.7 Å². The first-order chi connectivity index (χ1) is 9.15. The van der Waals surface area contributed by atoms with Crippen LogP contribution in [0.2, 0.25) is 0 Å². The van der Waals surface area contributed by atoms with Crippen LogP contribution in [0.1, 0.15) is 24.7 Å². The van der Waals surface area contributed by atoms with Gasteiger partial charge in [-0.25, -0.2) is 4.98 Å². The third-order valence-corrected chi connectivity index (χ3v) is 2.98. The lowest BCUT2D eigenvalue weighted by atomic mass is 10.1. The van der Waals surface area contributed by atoms with Gasteiger partial charge in [-0.1, -0.05) is 12.1 Å². The lowest BCUT2D eigenvalue weighted by Gasteiger charge is -2.07. The number of ketones is 1. The molecule has 0 saturated carbocycles. The highest BCUT2D eigenvalue weighted by Gasteiger charge is 2.01. The minimum Gasteiger partial charge on any atom is -0.486 e. The average molecular weight is 258 g/mol. The van der Waals surface area contributed by atoms with E-state index in [1.165, 1.54) is 0 Å². The first-order valence-electron chi connectivity index (χ1n) is 6.32. The summed E-state index contributed by atoms with van der Waals surface area (Å²) in [7, 11) is 1.94. The van der Waals surface area contributed by atoms with Gasteiger partial charge in [-0.05, 0) is 31.0 Å². The number of aromatic nitrogens is 2. The van der Waals surface area contributed by atoms with Crippen LogP contribution in [0, 0.1) is 0 Å². The molecule has 0 N–H and O–H groups in total. The fraction of sp³-hybridized carbons (Fsp3) is 0.333. The van der Waals surface area contributed by atoms with Crippen molar-refractivity contribution in [1.82, 2.24) is 9.55 Å². The third-order valence-electron chi connectivity index (χ3n) is 2.98. The highest BCUT2D eigenvalue weighted by Crippen LogP contribution is 2.14. The minimum absolute atomic E-state index is 0.218. The van der Waals surface area contributed by atoms with E-state index < -0.39 is 0 Å². The highest BCUT2D eigenvalue weighted by atomic mass is 16.5. The summed E-state index contributed by atoms with van der Waals surface area (Å²) in [5.41, 5.74) is 1.15. The first-order valence-corrected chi connectivity index (χ1v) is 6.32. The SMILES string of the molecule is CC(=O)CCc1ccc(OCc2nccn2C)cc1. The molecule has 4 nitrogen and oxygen atoms in total. The second-order valence-corrected chi connectivity index (χ2v) is 4.59. The summed E-state index contributed by atoms with van der Waals surface area (Å²) < 4.78 is 7.59. The first kappa shape index (κ1) is 13.3. The Kier molecular flexibility index (Phi) is 4.34. The number of nitrogens with zero attached hydrogens (tertiary/aromatic N) is 2. The maximum Gasteiger partial charge on any atom is 0.146 e. The summed E-state index contributed by atoms with van der Waals surface area (Å²) >= 11 is 0. The maximum atomic E-state index is 10.9. The summed E-state index contributed by atoms with van der Waals surface area (Å²) in [6.07, 6.45) is 5.02. The van der Waals surface area contributed by atoms with Crippen molar-refractivity contribution >= 4 is 5.78 Å². The van der Waals surface area contributed by atoms with Crippen LogP contribution < -0.4 is 4.74 Å². The van der Waals surface area contributed by atoms with Crippen molar-refractivity contribution in [2.24, 2.45) is 7.05 Å². The molecule has 1 heterocycles. The Morgan fingerprint density at radius 1 is 1.32 bits per heavy atom. The molecule has 19 heavy (non-hydrogen) atoms. The molecule has 0 amide bonds. The lowest BCUT2D eigenvalue weighted by molar-refractivity contribution is -0.116. The predicted octanol–water partition coefficient (Wildman–Crippen LogP) is 2.52. The van der Waals surface area contributed by atoms with E-state index in [0.717, 1.165) is 23.6 Å². The number of hydrogen-bond donors (Lipinski definition) is 0. The topological polar surface area (TPSA) is 44.1 Å². The Bertz CT molecular complexity index is 544. The molecule has 2 aromatic rings. The van der Waals surface area contributed by atoms with Gasteiger partial charge in [0.25, 0.3) is 0 Å². The Labute approximate surface area is 113 Å². The highest BCUT2D eigenvalue weighted by molar-refractivity contribution is 5.75. The van der Waals surface area contributed by atoms with Gasteiger partial charge in [0.05, 0.1) is 0 Å². The quantitative estimate of drug-likeness (QED) is 0.799. The number of carbonyl (C=O) groups excluding carboxylic acids is 1. The molecule has 1 aromatic carbocycles. The van der Waals surface area contributed by atoms with Crippen LogP contribution >= 0.6 is 0 Å². The number of hydrogen-bond acceptors (Lipinski definition) is 3. The molecule has 0 atom stereocenters. The van der Waals surface area contributed by atoms with Gasteiger partial charge in [0.15, 0.2) is 0 Å². The van der Waals surface area contributed by atoms with Gasteiger partial charge in [0.1, 0.15) is 24.0 Å².